The van der Waals surface area contributed by atoms with Crippen molar-refractivity contribution < 1.29 is 9.42 Å². The molecule has 7 heteroatoms. The van der Waals surface area contributed by atoms with Crippen LogP contribution in [-0.2, 0) is 4.79 Å². The maximum Gasteiger partial charge on any atom is 0.229 e. The van der Waals surface area contributed by atoms with Crippen molar-refractivity contribution in [2.75, 3.05) is 31.1 Å². The molecule has 2 heterocycles. The van der Waals surface area contributed by atoms with E-state index in [1.54, 1.807) is 0 Å². The lowest BCUT2D eigenvalue weighted by Crippen LogP contribution is -2.54. The molecule has 0 atom stereocenters. The normalized spacial score (nSPS) is 15.3. The van der Waals surface area contributed by atoms with Gasteiger partial charge in [0.15, 0.2) is 5.52 Å². The number of hydrogen-bond acceptors (Lipinski definition) is 5. The Morgan fingerprint density at radius 1 is 1.38 bits per heavy atom. The van der Waals surface area contributed by atoms with Crippen LogP contribution in [0.25, 0.3) is 11.0 Å². The summed E-state index contributed by atoms with van der Waals surface area (Å²) < 4.78 is 5.73. The molecule has 0 saturated carbocycles. The Morgan fingerprint density at radius 3 is 2.76 bits per heavy atom. The monoisotopic (exact) mass is 352 g/mol. The molecule has 1 fully saturated rings. The van der Waals surface area contributed by atoms with Gasteiger partial charge >= 0.3 is 0 Å². The molecule has 0 spiro atoms. The number of benzene rings is 1. The summed E-state index contributed by atoms with van der Waals surface area (Å²) in [5, 5.41) is 7.83. The van der Waals surface area contributed by atoms with E-state index < -0.39 is 0 Å². The molecule has 112 valence electrons. The summed E-state index contributed by atoms with van der Waals surface area (Å²) in [5.41, 5.74) is 2.43. The van der Waals surface area contributed by atoms with Gasteiger partial charge in [-0.25, -0.2) is 4.63 Å². The topological polar surface area (TPSA) is 62.5 Å². The van der Waals surface area contributed by atoms with Gasteiger partial charge in [-0.2, -0.15) is 0 Å². The summed E-state index contributed by atoms with van der Waals surface area (Å²) in [6.07, 6.45) is 0. The fraction of sp³-hybridized carbons (Fsp3) is 0.500. The fourth-order valence-corrected chi connectivity index (χ4v) is 3.14. The number of halogens is 1. The molecular formula is C14H17BrN4O2. The van der Waals surface area contributed by atoms with Crippen molar-refractivity contribution in [3.05, 3.63) is 16.6 Å². The quantitative estimate of drug-likeness (QED) is 0.844. The van der Waals surface area contributed by atoms with Crippen LogP contribution in [0.2, 0.25) is 0 Å². The smallest absolute Gasteiger partial charge is 0.229 e. The minimum Gasteiger partial charge on any atom is -0.368 e. The first-order valence-corrected chi connectivity index (χ1v) is 7.88. The van der Waals surface area contributed by atoms with Crippen LogP contribution in [0, 0.1) is 5.92 Å². The highest BCUT2D eigenvalue weighted by atomic mass is 79.9. The maximum absolute atomic E-state index is 12.3. The molecule has 1 aliphatic rings. The molecule has 0 radical (unpaired) electrons. The highest BCUT2D eigenvalue weighted by Crippen LogP contribution is 2.33. The van der Waals surface area contributed by atoms with Gasteiger partial charge < -0.3 is 9.80 Å². The molecule has 1 aromatic heterocycles. The van der Waals surface area contributed by atoms with Gasteiger partial charge in [0, 0.05) is 30.7 Å². The number of hydrogen-bond donors (Lipinski definition) is 0. The summed E-state index contributed by atoms with van der Waals surface area (Å²) in [6, 6.07) is 3.86. The summed E-state index contributed by atoms with van der Waals surface area (Å²) in [7, 11) is 0. The Labute approximate surface area is 131 Å². The van der Waals surface area contributed by atoms with Crippen LogP contribution >= 0.6 is 15.9 Å². The predicted molar refractivity (Wildman–Crippen MR) is 83.1 cm³/mol. The van der Waals surface area contributed by atoms with E-state index in [9.17, 15) is 4.79 Å². The molecule has 21 heavy (non-hydrogen) atoms. The first-order chi connectivity index (χ1) is 10.1. The fourth-order valence-electron chi connectivity index (χ4n) is 2.71. The highest BCUT2D eigenvalue weighted by molar-refractivity contribution is 9.10. The number of fused-ring (bicyclic) bond motifs is 1. The Balaban J connectivity index is 1.76. The van der Waals surface area contributed by atoms with E-state index in [0.29, 0.717) is 13.1 Å². The number of carbonyl (C=O) groups is 1. The molecule has 0 N–H and O–H groups in total. The summed E-state index contributed by atoms with van der Waals surface area (Å²) >= 11 is 3.47. The van der Waals surface area contributed by atoms with Crippen molar-refractivity contribution in [1.29, 1.82) is 0 Å². The average molecular weight is 353 g/mol. The first-order valence-electron chi connectivity index (χ1n) is 7.09. The maximum atomic E-state index is 12.3. The second-order valence-corrected chi connectivity index (χ2v) is 6.08. The molecular weight excluding hydrogens is 336 g/mol. The minimum absolute atomic E-state index is 0.0683. The second kappa shape index (κ2) is 5.63. The van der Waals surface area contributed by atoms with Gasteiger partial charge in [0.05, 0.1) is 11.6 Å². The number of amides is 1. The highest BCUT2D eigenvalue weighted by Gasteiger charge is 2.36. The number of carbonyl (C=O) groups excluding carboxylic acids is 1. The van der Waals surface area contributed by atoms with Gasteiger partial charge in [-0.1, -0.05) is 15.9 Å². The SMILES string of the molecule is CCN(CC)C(=O)C1CN(c2cc(Br)cc3nonc23)C1. The Kier molecular flexibility index (Phi) is 3.84. The molecule has 0 aliphatic carbocycles. The zero-order valence-electron chi connectivity index (χ0n) is 12.0. The van der Waals surface area contributed by atoms with E-state index in [2.05, 4.69) is 31.1 Å². The van der Waals surface area contributed by atoms with Gasteiger partial charge in [-0.05, 0) is 36.3 Å². The third-order valence-electron chi connectivity index (χ3n) is 3.95. The molecule has 0 bridgehead atoms. The van der Waals surface area contributed by atoms with Crippen molar-refractivity contribution in [3.8, 4) is 0 Å². The minimum atomic E-state index is 0.0683. The van der Waals surface area contributed by atoms with Crippen molar-refractivity contribution >= 4 is 38.6 Å². The van der Waals surface area contributed by atoms with Crippen LogP contribution < -0.4 is 4.90 Å². The summed E-state index contributed by atoms with van der Waals surface area (Å²) in [4.78, 5) is 16.3. The van der Waals surface area contributed by atoms with Gasteiger partial charge in [-0.3, -0.25) is 4.79 Å². The molecule has 1 amide bonds. The van der Waals surface area contributed by atoms with Gasteiger partial charge in [0.1, 0.15) is 5.52 Å². The van der Waals surface area contributed by atoms with Crippen molar-refractivity contribution in [2.45, 2.75) is 13.8 Å². The first kappa shape index (κ1) is 14.3. The Bertz CT molecular complexity index is 662. The lowest BCUT2D eigenvalue weighted by atomic mass is 9.97. The van der Waals surface area contributed by atoms with Crippen LogP contribution in [0.3, 0.4) is 0 Å². The third-order valence-corrected chi connectivity index (χ3v) is 4.41. The van der Waals surface area contributed by atoms with Crippen LogP contribution in [0.1, 0.15) is 13.8 Å². The van der Waals surface area contributed by atoms with Crippen LogP contribution in [0.5, 0.6) is 0 Å². The molecule has 0 unspecified atom stereocenters. The number of nitrogens with zero attached hydrogens (tertiary/aromatic N) is 4. The van der Waals surface area contributed by atoms with Gasteiger partial charge in [0.2, 0.25) is 5.91 Å². The van der Waals surface area contributed by atoms with E-state index in [-0.39, 0.29) is 11.8 Å². The third kappa shape index (κ3) is 2.50. The van der Waals surface area contributed by atoms with Crippen molar-refractivity contribution in [2.24, 2.45) is 5.92 Å². The van der Waals surface area contributed by atoms with E-state index >= 15 is 0 Å². The van der Waals surface area contributed by atoms with Gasteiger partial charge in [-0.15, -0.1) is 0 Å². The van der Waals surface area contributed by atoms with E-state index in [4.69, 9.17) is 4.63 Å². The molecule has 1 aromatic carbocycles. The average Bonchev–Trinajstić information content (AvgIpc) is 2.86. The molecule has 2 aromatic rings. The van der Waals surface area contributed by atoms with Crippen LogP contribution in [0.15, 0.2) is 21.2 Å². The van der Waals surface area contributed by atoms with Crippen LogP contribution in [-0.4, -0.2) is 47.3 Å². The van der Waals surface area contributed by atoms with Gasteiger partial charge in [0.25, 0.3) is 0 Å². The molecule has 1 aliphatic heterocycles. The zero-order chi connectivity index (χ0) is 15.0. The van der Waals surface area contributed by atoms with E-state index in [1.807, 2.05) is 30.9 Å². The molecule has 6 nitrogen and oxygen atoms in total. The Hall–Kier alpha value is -1.63. The van der Waals surface area contributed by atoms with E-state index in [1.165, 1.54) is 0 Å². The standard InChI is InChI=1S/C14H17BrN4O2/c1-3-18(4-2)14(20)9-7-19(8-9)12-6-10(15)5-11-13(12)17-21-16-11/h5-6,9H,3-4,7-8H2,1-2H3. The van der Waals surface area contributed by atoms with E-state index in [0.717, 1.165) is 34.3 Å². The summed E-state index contributed by atoms with van der Waals surface area (Å²) in [5.74, 6) is 0.305. The Morgan fingerprint density at radius 2 is 2.10 bits per heavy atom. The molecule has 3 rings (SSSR count). The summed E-state index contributed by atoms with van der Waals surface area (Å²) in [6.45, 7) is 6.98. The number of anilines is 1. The predicted octanol–water partition coefficient (Wildman–Crippen LogP) is 2.29. The largest absolute Gasteiger partial charge is 0.368 e. The number of rotatable bonds is 4. The van der Waals surface area contributed by atoms with Crippen LogP contribution in [0.4, 0.5) is 5.69 Å². The lowest BCUT2D eigenvalue weighted by molar-refractivity contribution is -0.135. The van der Waals surface area contributed by atoms with Crippen molar-refractivity contribution in [1.82, 2.24) is 15.2 Å². The molecule has 1 saturated heterocycles. The number of aromatic nitrogens is 2. The zero-order valence-corrected chi connectivity index (χ0v) is 13.6. The van der Waals surface area contributed by atoms with Crippen molar-refractivity contribution in [3.63, 3.8) is 0 Å². The lowest BCUT2D eigenvalue weighted by Gasteiger charge is -2.41. The second-order valence-electron chi connectivity index (χ2n) is 5.17.